The van der Waals surface area contributed by atoms with Crippen molar-refractivity contribution >= 4 is 0 Å². The molecule has 0 aromatic carbocycles. The Bertz CT molecular complexity index is 367. The molecule has 16 heavy (non-hydrogen) atoms. The van der Waals surface area contributed by atoms with E-state index in [0.29, 0.717) is 18.7 Å². The summed E-state index contributed by atoms with van der Waals surface area (Å²) in [7, 11) is 0. The third kappa shape index (κ3) is 3.34. The average Bonchev–Trinajstić information content (AvgIpc) is 2.66. The van der Waals surface area contributed by atoms with Gasteiger partial charge >= 0.3 is 0 Å². The van der Waals surface area contributed by atoms with E-state index in [4.69, 9.17) is 9.78 Å². The Balaban J connectivity index is 2.67. The molecule has 0 bridgehead atoms. The highest BCUT2D eigenvalue weighted by molar-refractivity contribution is 4.94. The molecule has 0 aliphatic rings. The smallest absolute Gasteiger partial charge is 0.227 e. The number of rotatable bonds is 6. The van der Waals surface area contributed by atoms with Crippen molar-refractivity contribution < 1.29 is 4.52 Å². The van der Waals surface area contributed by atoms with Gasteiger partial charge in [0.25, 0.3) is 0 Å². The summed E-state index contributed by atoms with van der Waals surface area (Å²) in [4.78, 5) is 4.33. The molecule has 1 aromatic rings. The summed E-state index contributed by atoms with van der Waals surface area (Å²) in [6.45, 7) is 6.25. The summed E-state index contributed by atoms with van der Waals surface area (Å²) in [5.74, 6) is 1.43. The monoisotopic (exact) mass is 221 g/mol. The number of hydrogen-bond acceptors (Lipinski definition) is 4. The molecule has 1 atom stereocenters. The van der Waals surface area contributed by atoms with Gasteiger partial charge in [0.15, 0.2) is 5.82 Å². The van der Waals surface area contributed by atoms with Gasteiger partial charge in [-0.2, -0.15) is 10.2 Å². The SMILES string of the molecule is CCCc1noc(CC(C)(CC)CC#N)n1. The summed E-state index contributed by atoms with van der Waals surface area (Å²) >= 11 is 0. The van der Waals surface area contributed by atoms with Crippen LogP contribution in [0.2, 0.25) is 0 Å². The first-order valence-corrected chi connectivity index (χ1v) is 5.82. The number of hydrogen-bond donors (Lipinski definition) is 0. The van der Waals surface area contributed by atoms with Crippen LogP contribution < -0.4 is 0 Å². The first kappa shape index (κ1) is 12.7. The third-order valence-electron chi connectivity index (χ3n) is 2.92. The van der Waals surface area contributed by atoms with Gasteiger partial charge in [-0.3, -0.25) is 0 Å². The summed E-state index contributed by atoms with van der Waals surface area (Å²) in [5, 5.41) is 12.7. The highest BCUT2D eigenvalue weighted by Gasteiger charge is 2.25. The van der Waals surface area contributed by atoms with Crippen molar-refractivity contribution in [2.75, 3.05) is 0 Å². The van der Waals surface area contributed by atoms with Crippen molar-refractivity contribution in [1.29, 1.82) is 5.26 Å². The van der Waals surface area contributed by atoms with E-state index in [2.05, 4.69) is 37.0 Å². The Morgan fingerprint density at radius 1 is 1.44 bits per heavy atom. The molecule has 1 rings (SSSR count). The summed E-state index contributed by atoms with van der Waals surface area (Å²) < 4.78 is 5.19. The van der Waals surface area contributed by atoms with E-state index in [1.165, 1.54) is 0 Å². The summed E-state index contributed by atoms with van der Waals surface area (Å²) in [6, 6.07) is 2.22. The van der Waals surface area contributed by atoms with E-state index >= 15 is 0 Å². The summed E-state index contributed by atoms with van der Waals surface area (Å²) in [5.41, 5.74) is -0.0508. The Morgan fingerprint density at radius 3 is 2.75 bits per heavy atom. The second kappa shape index (κ2) is 5.64. The molecular weight excluding hydrogens is 202 g/mol. The molecule has 0 aliphatic carbocycles. The summed E-state index contributed by atoms with van der Waals surface area (Å²) in [6.07, 6.45) is 4.02. The Labute approximate surface area is 96.7 Å². The molecule has 0 fully saturated rings. The lowest BCUT2D eigenvalue weighted by Crippen LogP contribution is -2.18. The van der Waals surface area contributed by atoms with Crippen molar-refractivity contribution in [2.45, 2.75) is 52.9 Å². The third-order valence-corrected chi connectivity index (χ3v) is 2.92. The van der Waals surface area contributed by atoms with Gasteiger partial charge in [0.05, 0.1) is 6.07 Å². The molecule has 0 aliphatic heterocycles. The maximum absolute atomic E-state index is 8.78. The fraction of sp³-hybridized carbons (Fsp3) is 0.750. The number of aryl methyl sites for hydroxylation is 1. The zero-order valence-corrected chi connectivity index (χ0v) is 10.3. The van der Waals surface area contributed by atoms with Gasteiger partial charge in [-0.25, -0.2) is 0 Å². The van der Waals surface area contributed by atoms with Crippen LogP contribution in [-0.2, 0) is 12.8 Å². The van der Waals surface area contributed by atoms with Crippen LogP contribution in [0.5, 0.6) is 0 Å². The fourth-order valence-corrected chi connectivity index (χ4v) is 1.56. The highest BCUT2D eigenvalue weighted by atomic mass is 16.5. The minimum Gasteiger partial charge on any atom is -0.339 e. The maximum atomic E-state index is 8.78. The van der Waals surface area contributed by atoms with Crippen LogP contribution in [0.4, 0.5) is 0 Å². The highest BCUT2D eigenvalue weighted by Crippen LogP contribution is 2.29. The number of nitriles is 1. The molecule has 0 spiro atoms. The normalized spacial score (nSPS) is 14.4. The largest absolute Gasteiger partial charge is 0.339 e. The van der Waals surface area contributed by atoms with Crippen LogP contribution in [0.25, 0.3) is 0 Å². The van der Waals surface area contributed by atoms with E-state index in [1.807, 2.05) is 0 Å². The molecule has 0 amide bonds. The van der Waals surface area contributed by atoms with Crippen molar-refractivity contribution in [3.63, 3.8) is 0 Å². The van der Waals surface area contributed by atoms with E-state index < -0.39 is 0 Å². The van der Waals surface area contributed by atoms with E-state index in [0.717, 1.165) is 25.1 Å². The number of aromatic nitrogens is 2. The minimum atomic E-state index is -0.0508. The molecule has 0 radical (unpaired) electrons. The predicted molar refractivity (Wildman–Crippen MR) is 60.6 cm³/mol. The van der Waals surface area contributed by atoms with Crippen LogP contribution >= 0.6 is 0 Å². The van der Waals surface area contributed by atoms with E-state index in [-0.39, 0.29) is 5.41 Å². The van der Waals surface area contributed by atoms with E-state index in [9.17, 15) is 0 Å². The quantitative estimate of drug-likeness (QED) is 0.741. The maximum Gasteiger partial charge on any atom is 0.227 e. The molecule has 0 N–H and O–H groups in total. The van der Waals surface area contributed by atoms with Gasteiger partial charge in [-0.05, 0) is 18.3 Å². The zero-order valence-electron chi connectivity index (χ0n) is 10.3. The molecule has 1 aromatic heterocycles. The van der Waals surface area contributed by atoms with Crippen molar-refractivity contribution in [3.05, 3.63) is 11.7 Å². The van der Waals surface area contributed by atoms with Crippen LogP contribution in [0.15, 0.2) is 4.52 Å². The fourth-order valence-electron chi connectivity index (χ4n) is 1.56. The minimum absolute atomic E-state index is 0.0508. The molecule has 4 heteroatoms. The van der Waals surface area contributed by atoms with E-state index in [1.54, 1.807) is 0 Å². The van der Waals surface area contributed by atoms with Gasteiger partial charge < -0.3 is 4.52 Å². The van der Waals surface area contributed by atoms with Crippen LogP contribution in [0, 0.1) is 16.7 Å². The second-order valence-corrected chi connectivity index (χ2v) is 4.53. The molecule has 0 saturated carbocycles. The predicted octanol–water partition coefficient (Wildman–Crippen LogP) is 2.89. The lowest BCUT2D eigenvalue weighted by atomic mass is 9.81. The Hall–Kier alpha value is -1.37. The molecular formula is C12H19N3O. The first-order valence-electron chi connectivity index (χ1n) is 5.82. The molecule has 88 valence electrons. The van der Waals surface area contributed by atoms with Gasteiger partial charge in [0.2, 0.25) is 5.89 Å². The molecule has 1 heterocycles. The van der Waals surface area contributed by atoms with Gasteiger partial charge in [-0.15, -0.1) is 0 Å². The zero-order chi connectivity index (χ0) is 12.0. The Kier molecular flexibility index (Phi) is 4.48. The average molecular weight is 221 g/mol. The van der Waals surface area contributed by atoms with Gasteiger partial charge in [-0.1, -0.05) is 25.9 Å². The van der Waals surface area contributed by atoms with Gasteiger partial charge in [0, 0.05) is 19.3 Å². The van der Waals surface area contributed by atoms with Crippen molar-refractivity contribution in [1.82, 2.24) is 10.1 Å². The number of nitrogens with zero attached hydrogens (tertiary/aromatic N) is 3. The van der Waals surface area contributed by atoms with Crippen LogP contribution in [0.1, 0.15) is 51.7 Å². The lowest BCUT2D eigenvalue weighted by Gasteiger charge is -2.22. The molecule has 1 unspecified atom stereocenters. The van der Waals surface area contributed by atoms with Crippen LogP contribution in [-0.4, -0.2) is 10.1 Å². The van der Waals surface area contributed by atoms with Crippen molar-refractivity contribution in [3.8, 4) is 6.07 Å². The second-order valence-electron chi connectivity index (χ2n) is 4.53. The molecule has 4 nitrogen and oxygen atoms in total. The topological polar surface area (TPSA) is 62.7 Å². The standard InChI is InChI=1S/C12H19N3O/c1-4-6-10-14-11(16-15-10)9-12(3,5-2)7-8-13/h4-7,9H2,1-3H3. The lowest BCUT2D eigenvalue weighted by molar-refractivity contribution is 0.265. The Morgan fingerprint density at radius 2 is 2.19 bits per heavy atom. The van der Waals surface area contributed by atoms with Crippen LogP contribution in [0.3, 0.4) is 0 Å². The molecule has 0 saturated heterocycles. The van der Waals surface area contributed by atoms with Gasteiger partial charge in [0.1, 0.15) is 0 Å². The van der Waals surface area contributed by atoms with Crippen molar-refractivity contribution in [2.24, 2.45) is 5.41 Å². The first-order chi connectivity index (χ1) is 7.63.